The quantitative estimate of drug-likeness (QED) is 0.804. The van der Waals surface area contributed by atoms with Crippen molar-refractivity contribution in [2.24, 2.45) is 0 Å². The van der Waals surface area contributed by atoms with Crippen LogP contribution in [-0.4, -0.2) is 17.6 Å². The number of rotatable bonds is 5. The molecule has 3 rings (SSSR count). The van der Waals surface area contributed by atoms with E-state index in [9.17, 15) is 23.6 Å². The molecule has 0 aromatic heterocycles. The zero-order valence-corrected chi connectivity index (χ0v) is 15.4. The Morgan fingerprint density at radius 3 is 2.64 bits per heavy atom. The second kappa shape index (κ2) is 8.67. The smallest absolute Gasteiger partial charge is 0.234 e. The maximum atomic E-state index is 13.2. The highest BCUT2D eigenvalue weighted by Crippen LogP contribution is 2.35. The topological polar surface area (TPSA) is 82.0 Å². The molecule has 28 heavy (non-hydrogen) atoms. The fourth-order valence-corrected chi connectivity index (χ4v) is 3.69. The summed E-state index contributed by atoms with van der Waals surface area (Å²) in [6.07, 6.45) is 0.0636. The van der Waals surface area contributed by atoms with Crippen molar-refractivity contribution in [1.29, 1.82) is 5.26 Å². The largest absolute Gasteiger partial charge is 0.325 e. The zero-order chi connectivity index (χ0) is 20.1. The molecule has 1 heterocycles. The average molecular weight is 399 g/mol. The molecule has 0 saturated heterocycles. The van der Waals surface area contributed by atoms with Gasteiger partial charge in [-0.1, -0.05) is 30.0 Å². The first kappa shape index (κ1) is 19.6. The van der Waals surface area contributed by atoms with E-state index in [0.717, 1.165) is 11.8 Å². The summed E-state index contributed by atoms with van der Waals surface area (Å²) in [5.41, 5.74) is 1.28. The molecule has 1 aliphatic rings. The third-order valence-corrected chi connectivity index (χ3v) is 5.10. The predicted molar refractivity (Wildman–Crippen MR) is 102 cm³/mol. The third-order valence-electron chi connectivity index (χ3n) is 4.08. The molecule has 0 bridgehead atoms. The van der Waals surface area contributed by atoms with Gasteiger partial charge in [-0.15, -0.1) is 0 Å². The Labute approximate surface area is 164 Å². The molecule has 5 nitrogen and oxygen atoms in total. The summed E-state index contributed by atoms with van der Waals surface area (Å²) in [7, 11) is 0. The van der Waals surface area contributed by atoms with Crippen molar-refractivity contribution in [2.75, 3.05) is 11.1 Å². The van der Waals surface area contributed by atoms with Crippen LogP contribution in [0.3, 0.4) is 0 Å². The SMILES string of the molecule is N#CC1=C(SCC(=O)Nc2cccc(F)c2)NC(=O)C[C@@H]1c1ccc(F)cc1. The summed E-state index contributed by atoms with van der Waals surface area (Å²) < 4.78 is 26.4. The molecule has 0 radical (unpaired) electrons. The number of carbonyl (C=O) groups is 2. The van der Waals surface area contributed by atoms with E-state index < -0.39 is 23.5 Å². The minimum absolute atomic E-state index is 0.0636. The Balaban J connectivity index is 1.74. The third kappa shape index (κ3) is 4.75. The number of benzene rings is 2. The molecule has 0 saturated carbocycles. The first-order valence-electron chi connectivity index (χ1n) is 8.34. The number of amides is 2. The van der Waals surface area contributed by atoms with E-state index in [1.807, 2.05) is 0 Å². The van der Waals surface area contributed by atoms with Gasteiger partial charge in [0.25, 0.3) is 0 Å². The molecule has 0 spiro atoms. The van der Waals surface area contributed by atoms with Gasteiger partial charge in [0.05, 0.1) is 22.4 Å². The van der Waals surface area contributed by atoms with E-state index in [-0.39, 0.29) is 18.1 Å². The molecule has 2 aromatic carbocycles. The normalized spacial score (nSPS) is 16.3. The van der Waals surface area contributed by atoms with Crippen LogP contribution < -0.4 is 10.6 Å². The molecule has 2 aromatic rings. The van der Waals surface area contributed by atoms with Gasteiger partial charge in [-0.25, -0.2) is 8.78 Å². The molecule has 1 atom stereocenters. The van der Waals surface area contributed by atoms with Crippen LogP contribution in [0.4, 0.5) is 14.5 Å². The number of anilines is 1. The second-order valence-corrected chi connectivity index (χ2v) is 7.04. The highest BCUT2D eigenvalue weighted by molar-refractivity contribution is 8.03. The lowest BCUT2D eigenvalue weighted by molar-refractivity contribution is -0.121. The second-order valence-electron chi connectivity index (χ2n) is 6.06. The molecule has 2 amide bonds. The first-order chi connectivity index (χ1) is 13.5. The zero-order valence-electron chi connectivity index (χ0n) is 14.5. The van der Waals surface area contributed by atoms with Gasteiger partial charge < -0.3 is 10.6 Å². The van der Waals surface area contributed by atoms with Gasteiger partial charge in [0, 0.05) is 18.0 Å². The Kier molecular flexibility index (Phi) is 6.06. The van der Waals surface area contributed by atoms with Crippen LogP contribution in [0, 0.1) is 23.0 Å². The number of carbonyl (C=O) groups excluding carboxylic acids is 2. The van der Waals surface area contributed by atoms with Crippen molar-refractivity contribution in [3.63, 3.8) is 0 Å². The van der Waals surface area contributed by atoms with Gasteiger partial charge in [-0.2, -0.15) is 5.26 Å². The minimum atomic E-state index is -0.506. The number of thioether (sulfide) groups is 1. The Morgan fingerprint density at radius 2 is 1.96 bits per heavy atom. The summed E-state index contributed by atoms with van der Waals surface area (Å²) in [5, 5.41) is 15.0. The molecule has 142 valence electrons. The van der Waals surface area contributed by atoms with Crippen LogP contribution in [0.5, 0.6) is 0 Å². The first-order valence-corrected chi connectivity index (χ1v) is 9.32. The van der Waals surface area contributed by atoms with E-state index in [2.05, 4.69) is 16.7 Å². The van der Waals surface area contributed by atoms with Crippen LogP contribution >= 0.6 is 11.8 Å². The van der Waals surface area contributed by atoms with Crippen LogP contribution in [-0.2, 0) is 9.59 Å². The Morgan fingerprint density at radius 1 is 1.21 bits per heavy atom. The van der Waals surface area contributed by atoms with Crippen LogP contribution in [0.1, 0.15) is 17.9 Å². The van der Waals surface area contributed by atoms with E-state index >= 15 is 0 Å². The summed E-state index contributed by atoms with van der Waals surface area (Å²) in [6.45, 7) is 0. The molecule has 1 aliphatic heterocycles. The standard InChI is InChI=1S/C20H15F2N3O2S/c21-13-6-4-12(5-7-13)16-9-18(26)25-20(17(16)10-23)28-11-19(27)24-15-3-1-2-14(22)8-15/h1-8,16H,9,11H2,(H,24,27)(H,25,26)/t16-/m1/s1. The molecular weight excluding hydrogens is 384 g/mol. The highest BCUT2D eigenvalue weighted by Gasteiger charge is 2.29. The Hall–Kier alpha value is -3.18. The van der Waals surface area contributed by atoms with E-state index in [0.29, 0.717) is 21.9 Å². The van der Waals surface area contributed by atoms with Gasteiger partial charge >= 0.3 is 0 Å². The summed E-state index contributed by atoms with van der Waals surface area (Å²) in [6, 6.07) is 13.2. The van der Waals surface area contributed by atoms with Crippen molar-refractivity contribution in [1.82, 2.24) is 5.32 Å². The van der Waals surface area contributed by atoms with Crippen LogP contribution in [0.25, 0.3) is 0 Å². The van der Waals surface area contributed by atoms with Gasteiger partial charge in [-0.3, -0.25) is 9.59 Å². The van der Waals surface area contributed by atoms with E-state index in [1.165, 1.54) is 42.5 Å². The monoisotopic (exact) mass is 399 g/mol. The number of nitriles is 1. The summed E-state index contributed by atoms with van der Waals surface area (Å²) >= 11 is 1.01. The summed E-state index contributed by atoms with van der Waals surface area (Å²) in [4.78, 5) is 24.2. The fourth-order valence-electron chi connectivity index (χ4n) is 2.81. The predicted octanol–water partition coefficient (Wildman–Crippen LogP) is 3.68. The number of hydrogen-bond donors (Lipinski definition) is 2. The van der Waals surface area contributed by atoms with Gasteiger partial charge in [0.2, 0.25) is 11.8 Å². The number of allylic oxidation sites excluding steroid dienone is 1. The number of nitrogens with one attached hydrogen (secondary N) is 2. The molecule has 2 N–H and O–H groups in total. The molecular formula is C20H15F2N3O2S. The van der Waals surface area contributed by atoms with Crippen molar-refractivity contribution in [3.8, 4) is 6.07 Å². The molecule has 8 heteroatoms. The van der Waals surface area contributed by atoms with Crippen molar-refractivity contribution < 1.29 is 18.4 Å². The van der Waals surface area contributed by atoms with Crippen molar-refractivity contribution >= 4 is 29.3 Å². The number of nitrogens with zero attached hydrogens (tertiary/aromatic N) is 1. The Bertz CT molecular complexity index is 984. The number of halogens is 2. The van der Waals surface area contributed by atoms with E-state index in [4.69, 9.17) is 0 Å². The summed E-state index contributed by atoms with van der Waals surface area (Å²) in [5.74, 6) is -2.15. The van der Waals surface area contributed by atoms with Crippen molar-refractivity contribution in [2.45, 2.75) is 12.3 Å². The number of hydrogen-bond acceptors (Lipinski definition) is 4. The maximum absolute atomic E-state index is 13.2. The maximum Gasteiger partial charge on any atom is 0.234 e. The lowest BCUT2D eigenvalue weighted by Crippen LogP contribution is -2.31. The fraction of sp³-hybridized carbons (Fsp3) is 0.150. The highest BCUT2D eigenvalue weighted by atomic mass is 32.2. The molecule has 0 fully saturated rings. The van der Waals surface area contributed by atoms with Gasteiger partial charge in [-0.05, 0) is 35.9 Å². The van der Waals surface area contributed by atoms with Gasteiger partial charge in [0.1, 0.15) is 11.6 Å². The molecule has 0 unspecified atom stereocenters. The minimum Gasteiger partial charge on any atom is -0.325 e. The van der Waals surface area contributed by atoms with Crippen LogP contribution in [0.15, 0.2) is 59.1 Å². The lowest BCUT2D eigenvalue weighted by Gasteiger charge is -2.25. The molecule has 0 aliphatic carbocycles. The van der Waals surface area contributed by atoms with Gasteiger partial charge in [0.15, 0.2) is 0 Å². The van der Waals surface area contributed by atoms with Crippen molar-refractivity contribution in [3.05, 3.63) is 76.3 Å². The van der Waals surface area contributed by atoms with Crippen LogP contribution in [0.2, 0.25) is 0 Å². The van der Waals surface area contributed by atoms with E-state index in [1.54, 1.807) is 6.07 Å². The average Bonchev–Trinajstić information content (AvgIpc) is 2.66. The lowest BCUT2D eigenvalue weighted by atomic mass is 9.87.